The van der Waals surface area contributed by atoms with Gasteiger partial charge in [-0.05, 0) is 81.5 Å². The monoisotopic (exact) mass is 582 g/mol. The molecule has 0 heterocycles. The van der Waals surface area contributed by atoms with Crippen LogP contribution in [0, 0.1) is 6.92 Å². The number of rotatable bonds is 7. The van der Waals surface area contributed by atoms with E-state index in [2.05, 4.69) is 172 Å². The SMILES string of the molecule is Cc1ccc(/C(CP(C)C)=C(/B(c2ccc3ccccc3c2)c2ccc3ccccc3c2)c2ccc3ccccc3c2)cc1. The molecule has 7 aromatic carbocycles. The summed E-state index contributed by atoms with van der Waals surface area (Å²) in [6.07, 6.45) is 1.05. The second-order valence-electron chi connectivity index (χ2n) is 12.2. The Kier molecular flexibility index (Phi) is 7.90. The van der Waals surface area contributed by atoms with Crippen molar-refractivity contribution in [2.75, 3.05) is 19.5 Å². The van der Waals surface area contributed by atoms with Crippen molar-refractivity contribution in [3.63, 3.8) is 0 Å². The van der Waals surface area contributed by atoms with Crippen molar-refractivity contribution < 1.29 is 0 Å². The van der Waals surface area contributed by atoms with Gasteiger partial charge >= 0.3 is 0 Å². The molecule has 212 valence electrons. The van der Waals surface area contributed by atoms with Crippen LogP contribution >= 0.6 is 7.92 Å². The van der Waals surface area contributed by atoms with E-state index in [0.29, 0.717) is 0 Å². The van der Waals surface area contributed by atoms with Gasteiger partial charge in [-0.1, -0.05) is 168 Å². The molecule has 0 fully saturated rings. The van der Waals surface area contributed by atoms with E-state index in [1.165, 1.54) is 71.0 Å². The molecule has 0 N–H and O–H groups in total. The molecule has 0 nitrogen and oxygen atoms in total. The average molecular weight is 583 g/mol. The molecular weight excluding hydrogens is 546 g/mol. The molecule has 0 radical (unpaired) electrons. The van der Waals surface area contributed by atoms with Gasteiger partial charge in [0.05, 0.1) is 0 Å². The first-order valence-corrected chi connectivity index (χ1v) is 17.9. The lowest BCUT2D eigenvalue weighted by Crippen LogP contribution is -2.44. The lowest BCUT2D eigenvalue weighted by Gasteiger charge is -2.26. The minimum Gasteiger partial charge on any atom is -0.109 e. The van der Waals surface area contributed by atoms with E-state index in [9.17, 15) is 0 Å². The Balaban J connectivity index is 1.59. The molecule has 0 spiro atoms. The first-order valence-electron chi connectivity index (χ1n) is 15.4. The van der Waals surface area contributed by atoms with Crippen LogP contribution in [0.3, 0.4) is 0 Å². The molecule has 0 atom stereocenters. The molecule has 0 aliphatic heterocycles. The smallest absolute Gasteiger partial charge is 0.109 e. The summed E-state index contributed by atoms with van der Waals surface area (Å²) in [4.78, 5) is 0. The second-order valence-corrected chi connectivity index (χ2v) is 14.7. The summed E-state index contributed by atoms with van der Waals surface area (Å²) in [7, 11) is -0.206. The highest BCUT2D eigenvalue weighted by atomic mass is 31.1. The molecule has 7 aromatic rings. The Morgan fingerprint density at radius 2 is 0.909 bits per heavy atom. The van der Waals surface area contributed by atoms with Crippen molar-refractivity contribution in [2.45, 2.75) is 6.92 Å². The Morgan fingerprint density at radius 3 is 1.41 bits per heavy atom. The largest absolute Gasteiger partial charge is 0.242 e. The number of aryl methyl sites for hydroxylation is 1. The second kappa shape index (κ2) is 12.3. The summed E-state index contributed by atoms with van der Waals surface area (Å²) >= 11 is 0. The molecule has 2 heteroatoms. The van der Waals surface area contributed by atoms with Crippen molar-refractivity contribution in [1.82, 2.24) is 0 Å². The van der Waals surface area contributed by atoms with Gasteiger partial charge in [0.25, 0.3) is 0 Å². The van der Waals surface area contributed by atoms with Gasteiger partial charge in [-0.2, -0.15) is 0 Å². The van der Waals surface area contributed by atoms with Crippen LogP contribution in [-0.4, -0.2) is 26.2 Å². The molecule has 0 aromatic heterocycles. The van der Waals surface area contributed by atoms with E-state index in [-0.39, 0.29) is 14.6 Å². The number of benzene rings is 7. The minimum atomic E-state index is -0.206. The maximum absolute atomic E-state index is 2.42. The molecule has 44 heavy (non-hydrogen) atoms. The number of hydrogen-bond donors (Lipinski definition) is 0. The fourth-order valence-corrected chi connectivity index (χ4v) is 7.56. The van der Waals surface area contributed by atoms with Crippen molar-refractivity contribution in [3.05, 3.63) is 168 Å². The molecule has 0 saturated carbocycles. The Morgan fingerprint density at radius 1 is 0.477 bits per heavy atom. The van der Waals surface area contributed by atoms with Crippen LogP contribution in [0.15, 0.2) is 152 Å². The van der Waals surface area contributed by atoms with Crippen LogP contribution in [0.4, 0.5) is 0 Å². The lowest BCUT2D eigenvalue weighted by molar-refractivity contribution is 1.45. The van der Waals surface area contributed by atoms with E-state index in [1.54, 1.807) is 0 Å². The highest BCUT2D eigenvalue weighted by Crippen LogP contribution is 2.39. The van der Waals surface area contributed by atoms with Crippen LogP contribution < -0.4 is 10.9 Å². The Hall–Kier alpha value is -4.45. The molecule has 0 unspecified atom stereocenters. The molecule has 0 aliphatic carbocycles. The van der Waals surface area contributed by atoms with Crippen molar-refractivity contribution in [2.24, 2.45) is 0 Å². The summed E-state index contributed by atoms with van der Waals surface area (Å²) in [5.41, 5.74) is 9.40. The zero-order valence-corrected chi connectivity index (χ0v) is 26.6. The fraction of sp³-hybridized carbons (Fsp3) is 0.0952. The zero-order chi connectivity index (χ0) is 30.0. The van der Waals surface area contributed by atoms with Crippen molar-refractivity contribution >= 4 is 68.9 Å². The number of fused-ring (bicyclic) bond motifs is 3. The third kappa shape index (κ3) is 5.73. The third-order valence-electron chi connectivity index (χ3n) is 8.76. The minimum absolute atomic E-state index is 0.0524. The van der Waals surface area contributed by atoms with Crippen molar-refractivity contribution in [1.29, 1.82) is 0 Å². The van der Waals surface area contributed by atoms with Gasteiger partial charge < -0.3 is 0 Å². The normalized spacial score (nSPS) is 12.2. The van der Waals surface area contributed by atoms with E-state index in [0.717, 1.165) is 6.16 Å². The Bertz CT molecular complexity index is 2060. The van der Waals surface area contributed by atoms with E-state index in [1.807, 2.05) is 0 Å². The summed E-state index contributed by atoms with van der Waals surface area (Å²) in [6.45, 7) is 7.04. The van der Waals surface area contributed by atoms with Gasteiger partial charge in [0.15, 0.2) is 0 Å². The predicted octanol–water partition coefficient (Wildman–Crippen LogP) is 9.96. The van der Waals surface area contributed by atoms with Crippen LogP contribution in [0.1, 0.15) is 16.7 Å². The van der Waals surface area contributed by atoms with Gasteiger partial charge in [0.1, 0.15) is 0 Å². The third-order valence-corrected chi connectivity index (χ3v) is 9.71. The predicted molar refractivity (Wildman–Crippen MR) is 198 cm³/mol. The number of hydrogen-bond acceptors (Lipinski definition) is 0. The molecular formula is C42H36BP. The van der Waals surface area contributed by atoms with E-state index in [4.69, 9.17) is 0 Å². The van der Waals surface area contributed by atoms with Gasteiger partial charge in [-0.3, -0.25) is 0 Å². The maximum atomic E-state index is 2.42. The van der Waals surface area contributed by atoms with Crippen LogP contribution in [-0.2, 0) is 0 Å². The topological polar surface area (TPSA) is 0 Å². The highest BCUT2D eigenvalue weighted by Gasteiger charge is 2.29. The highest BCUT2D eigenvalue weighted by molar-refractivity contribution is 7.56. The van der Waals surface area contributed by atoms with Crippen LogP contribution in [0.5, 0.6) is 0 Å². The standard InChI is InChI=1S/C42H36BP/c1-30-16-18-34(19-17-30)41(29-44(2)3)42(38-21-20-31-10-4-7-13-35(31)26-38)43(39-24-22-32-11-5-8-14-36(32)27-39)40-25-23-33-12-6-9-15-37(33)28-40/h4-28H,29H2,1-3H3/b42-41+. The van der Waals surface area contributed by atoms with Crippen LogP contribution in [0.2, 0.25) is 0 Å². The summed E-state index contributed by atoms with van der Waals surface area (Å²) in [5, 5.41) is 7.64. The lowest BCUT2D eigenvalue weighted by atomic mass is 9.34. The quantitative estimate of drug-likeness (QED) is 0.0997. The molecule has 0 saturated heterocycles. The van der Waals surface area contributed by atoms with Crippen molar-refractivity contribution in [3.8, 4) is 0 Å². The first-order chi connectivity index (χ1) is 21.5. The fourth-order valence-electron chi connectivity index (χ4n) is 6.58. The van der Waals surface area contributed by atoms with E-state index >= 15 is 0 Å². The molecule has 0 amide bonds. The summed E-state index contributed by atoms with van der Waals surface area (Å²) < 4.78 is 0. The molecule has 0 aliphatic rings. The van der Waals surface area contributed by atoms with Gasteiger partial charge in [-0.25, -0.2) is 0 Å². The molecule has 0 bridgehead atoms. The van der Waals surface area contributed by atoms with Gasteiger partial charge in [-0.15, -0.1) is 7.92 Å². The first kappa shape index (κ1) is 28.3. The van der Waals surface area contributed by atoms with E-state index < -0.39 is 0 Å². The van der Waals surface area contributed by atoms with Gasteiger partial charge in [0, 0.05) is 0 Å². The average Bonchev–Trinajstić information content (AvgIpc) is 3.06. The Labute approximate surface area is 262 Å². The number of allylic oxidation sites excluding steroid dienone is 1. The zero-order valence-electron chi connectivity index (χ0n) is 25.7. The summed E-state index contributed by atoms with van der Waals surface area (Å²) in [5.74, 6) is 0. The van der Waals surface area contributed by atoms with Gasteiger partial charge in [0.2, 0.25) is 6.71 Å². The van der Waals surface area contributed by atoms with Crippen LogP contribution in [0.25, 0.3) is 43.4 Å². The molecule has 7 rings (SSSR count). The summed E-state index contributed by atoms with van der Waals surface area (Å²) in [6, 6.07) is 56.6. The maximum Gasteiger partial charge on any atom is 0.242 e.